The quantitative estimate of drug-likeness (QED) is 0.0859. The minimum Gasteiger partial charge on any atom is -0.456 e. The van der Waals surface area contributed by atoms with Crippen LogP contribution in [0.25, 0.3) is 210 Å². The lowest BCUT2D eigenvalue weighted by molar-refractivity contribution is 0.668. The van der Waals surface area contributed by atoms with Gasteiger partial charge >= 0.3 is 0 Å². The average molecular weight is 1760 g/mol. The van der Waals surface area contributed by atoms with E-state index < -0.39 is 0 Å². The van der Waals surface area contributed by atoms with Crippen LogP contribution in [-0.4, -0.2) is 9.13 Å². The van der Waals surface area contributed by atoms with Gasteiger partial charge in [-0.25, -0.2) is 0 Å². The number of aromatic nitrogens is 2. The van der Waals surface area contributed by atoms with Gasteiger partial charge in [0.25, 0.3) is 0 Å². The Bertz CT molecular complexity index is 8900. The molecule has 0 atom stereocenters. The molecule has 4 aromatic heterocycles. The number of rotatable bonds is 18. The number of nitrogens with zero attached hydrogens (tertiary/aromatic N) is 4. The number of anilines is 6. The maximum absolute atomic E-state index is 6.20. The highest BCUT2D eigenvalue weighted by molar-refractivity contribution is 6.12. The van der Waals surface area contributed by atoms with Crippen molar-refractivity contribution in [2.75, 3.05) is 9.80 Å². The van der Waals surface area contributed by atoms with Gasteiger partial charge in [0.2, 0.25) is 0 Å². The summed E-state index contributed by atoms with van der Waals surface area (Å²) in [7, 11) is 0. The van der Waals surface area contributed by atoms with Crippen molar-refractivity contribution < 1.29 is 8.83 Å². The van der Waals surface area contributed by atoms with Gasteiger partial charge < -0.3 is 27.8 Å². The number of hydrogen-bond donors (Lipinski definition) is 0. The summed E-state index contributed by atoms with van der Waals surface area (Å²) in [6.07, 6.45) is 0. The third-order valence-corrected chi connectivity index (χ3v) is 27.3. The molecular weight excluding hydrogens is 1670 g/mol. The lowest BCUT2D eigenvalue weighted by atomic mass is 9.98. The number of para-hydroxylation sites is 7. The van der Waals surface area contributed by atoms with Gasteiger partial charge in [0.1, 0.15) is 22.3 Å². The van der Waals surface area contributed by atoms with Crippen LogP contribution in [-0.2, 0) is 0 Å². The van der Waals surface area contributed by atoms with E-state index >= 15 is 0 Å². The number of hydrogen-bond acceptors (Lipinski definition) is 4. The molecule has 0 radical (unpaired) electrons. The summed E-state index contributed by atoms with van der Waals surface area (Å²) in [4.78, 5) is 4.73. The molecule has 26 rings (SSSR count). The number of fused-ring (bicyclic) bond motifs is 12. The first-order valence-corrected chi connectivity index (χ1v) is 47.1. The molecule has 0 unspecified atom stereocenters. The molecule has 0 fully saturated rings. The molecule has 0 aliphatic heterocycles. The molecule has 4 heterocycles. The van der Waals surface area contributed by atoms with Gasteiger partial charge in [0.15, 0.2) is 0 Å². The first-order valence-electron chi connectivity index (χ1n) is 47.1. The summed E-state index contributed by atoms with van der Waals surface area (Å²) in [5, 5.41) is 9.64. The summed E-state index contributed by atoms with van der Waals surface area (Å²) in [5.74, 6) is 0. The van der Waals surface area contributed by atoms with Gasteiger partial charge in [-0.2, -0.15) is 0 Å². The van der Waals surface area contributed by atoms with Gasteiger partial charge in [0.05, 0.1) is 27.8 Å². The molecule has 0 spiro atoms. The summed E-state index contributed by atoms with van der Waals surface area (Å²) >= 11 is 0. The van der Waals surface area contributed by atoms with E-state index in [1.807, 2.05) is 24.3 Å². The van der Waals surface area contributed by atoms with E-state index in [9.17, 15) is 0 Å². The molecule has 6 nitrogen and oxygen atoms in total. The second kappa shape index (κ2) is 35.3. The van der Waals surface area contributed by atoms with Crippen molar-refractivity contribution >= 4 is 122 Å². The van der Waals surface area contributed by atoms with E-state index in [0.29, 0.717) is 0 Å². The van der Waals surface area contributed by atoms with E-state index in [1.54, 1.807) is 0 Å². The maximum atomic E-state index is 6.20. The summed E-state index contributed by atoms with van der Waals surface area (Å²) < 4.78 is 17.2. The Balaban J connectivity index is 0.000000146. The molecule has 138 heavy (non-hydrogen) atoms. The van der Waals surface area contributed by atoms with Crippen molar-refractivity contribution in [3.63, 3.8) is 0 Å². The average Bonchev–Trinajstić information content (AvgIpc) is 1.58. The van der Waals surface area contributed by atoms with Gasteiger partial charge in [0, 0.05) is 88.5 Å². The molecule has 0 aliphatic rings. The smallest absolute Gasteiger partial charge is 0.136 e. The zero-order chi connectivity index (χ0) is 91.4. The van der Waals surface area contributed by atoms with Crippen LogP contribution in [0.4, 0.5) is 34.1 Å². The molecule has 0 saturated heterocycles. The highest BCUT2D eigenvalue weighted by Crippen LogP contribution is 2.47. The first kappa shape index (κ1) is 81.6. The topological polar surface area (TPSA) is 42.6 Å². The second-order valence-corrected chi connectivity index (χ2v) is 35.4. The number of benzene rings is 22. The third-order valence-electron chi connectivity index (χ3n) is 27.3. The van der Waals surface area contributed by atoms with Crippen LogP contribution in [0.5, 0.6) is 0 Å². The number of furan rings is 2. The van der Waals surface area contributed by atoms with Crippen LogP contribution in [0.1, 0.15) is 0 Å². The van der Waals surface area contributed by atoms with Crippen molar-refractivity contribution in [3.05, 3.63) is 534 Å². The van der Waals surface area contributed by atoms with E-state index in [4.69, 9.17) is 8.83 Å². The van der Waals surface area contributed by atoms with E-state index in [1.165, 1.54) is 110 Å². The Kier molecular flexibility index (Phi) is 20.9. The maximum Gasteiger partial charge on any atom is 0.136 e. The van der Waals surface area contributed by atoms with Crippen LogP contribution >= 0.6 is 0 Å². The zero-order valence-corrected chi connectivity index (χ0v) is 75.4. The molecule has 22 aromatic carbocycles. The molecule has 0 amide bonds. The molecule has 648 valence electrons. The van der Waals surface area contributed by atoms with Gasteiger partial charge in [-0.05, 0) is 257 Å². The predicted molar refractivity (Wildman–Crippen MR) is 580 cm³/mol. The van der Waals surface area contributed by atoms with Crippen LogP contribution in [0, 0.1) is 0 Å². The van der Waals surface area contributed by atoms with Crippen molar-refractivity contribution in [2.24, 2.45) is 0 Å². The lowest BCUT2D eigenvalue weighted by Crippen LogP contribution is -2.11. The van der Waals surface area contributed by atoms with E-state index in [-0.39, 0.29) is 0 Å². The van der Waals surface area contributed by atoms with Gasteiger partial charge in [-0.15, -0.1) is 0 Å². The molecule has 26 aromatic rings. The molecule has 0 saturated carbocycles. The summed E-state index contributed by atoms with van der Waals surface area (Å²) in [6, 6.07) is 192. The van der Waals surface area contributed by atoms with Crippen LogP contribution < -0.4 is 9.80 Å². The largest absolute Gasteiger partial charge is 0.456 e. The molecule has 0 aliphatic carbocycles. The fourth-order valence-corrected chi connectivity index (χ4v) is 20.4. The van der Waals surface area contributed by atoms with Crippen LogP contribution in [0.15, 0.2) is 543 Å². The standard InChI is InChI=1S/2C66H44N2O/c1-2-13-51(14-3-1)57-17-4-8-21-62(57)67(55-40-35-48(36-41-55)46-27-31-50(32-28-46)53-37-42-61-60-20-7-11-24-65(60)69-66(61)44-53)54-38-33-47(34-39-54)45-25-29-49(30-26-45)52-15-12-16-56(43-52)68-63-22-9-5-18-58(63)59-19-6-10-23-64(59)68;1-2-12-45(13-3-1)52-14-10-16-57(42-52)67(56-39-34-49(35-40-56)47-26-30-51(31-27-47)54-36-41-62-61-20-6-9-23-65(61)69-66(62)44-54)55-37-32-48(33-38-55)46-24-28-50(29-25-46)53-15-11-17-58(43-53)68-63-21-7-4-18-59(63)60-19-5-8-22-64(60)68/h2*1-44H. The van der Waals surface area contributed by atoms with E-state index in [0.717, 1.165) is 134 Å². The zero-order valence-electron chi connectivity index (χ0n) is 75.4. The first-order chi connectivity index (χ1) is 68.4. The van der Waals surface area contributed by atoms with Crippen molar-refractivity contribution in [2.45, 2.75) is 0 Å². The van der Waals surface area contributed by atoms with Gasteiger partial charge in [-0.1, -0.05) is 382 Å². The van der Waals surface area contributed by atoms with Crippen LogP contribution in [0.2, 0.25) is 0 Å². The predicted octanol–water partition coefficient (Wildman–Crippen LogP) is 37.0. The SMILES string of the molecule is c1ccc(-c2cccc(N(c3ccc(-c4ccc(-c5cccc(-n6c7ccccc7c7ccccc76)c5)cc4)cc3)c3ccc(-c4ccc(-c5ccc6c(c5)oc5ccccc56)cc4)cc3)c2)cc1.c1ccc(-c2ccccc2N(c2ccc(-c3ccc(-c4cccc(-n5c6ccccc6c6ccccc65)c4)cc3)cc2)c2ccc(-c3ccc(-c4ccc5c(c4)oc4ccccc45)cc3)cc2)cc1. The second-order valence-electron chi connectivity index (χ2n) is 35.4. The Hall–Kier alpha value is -18.4. The fourth-order valence-electron chi connectivity index (χ4n) is 20.4. The minimum absolute atomic E-state index is 0.907. The molecular formula is C132H88N4O2. The minimum atomic E-state index is 0.907. The Morgan fingerprint density at radius 3 is 0.754 bits per heavy atom. The van der Waals surface area contributed by atoms with Crippen molar-refractivity contribution in [1.82, 2.24) is 9.13 Å². The highest BCUT2D eigenvalue weighted by Gasteiger charge is 2.23. The van der Waals surface area contributed by atoms with Gasteiger partial charge in [-0.3, -0.25) is 0 Å². The van der Waals surface area contributed by atoms with Crippen LogP contribution in [0.3, 0.4) is 0 Å². The highest BCUT2D eigenvalue weighted by atomic mass is 16.3. The third kappa shape index (κ3) is 15.4. The molecule has 0 bridgehead atoms. The lowest BCUT2D eigenvalue weighted by Gasteiger charge is -2.28. The van der Waals surface area contributed by atoms with Crippen molar-refractivity contribution in [1.29, 1.82) is 0 Å². The van der Waals surface area contributed by atoms with E-state index in [2.05, 4.69) is 529 Å². The Labute approximate surface area is 800 Å². The summed E-state index contributed by atoms with van der Waals surface area (Å²) in [6.45, 7) is 0. The molecule has 6 heteroatoms. The Morgan fingerprint density at radius 2 is 0.384 bits per heavy atom. The monoisotopic (exact) mass is 1760 g/mol. The molecule has 0 N–H and O–H groups in total. The summed E-state index contributed by atoms with van der Waals surface area (Å²) in [5.41, 5.74) is 40.7. The Morgan fingerprint density at radius 1 is 0.138 bits per heavy atom. The van der Waals surface area contributed by atoms with Crippen molar-refractivity contribution in [3.8, 4) is 123 Å². The normalized spacial score (nSPS) is 11.5. The fraction of sp³-hybridized carbons (Fsp3) is 0.